The fourth-order valence-electron chi connectivity index (χ4n) is 1.91. The maximum absolute atomic E-state index is 5.96. The van der Waals surface area contributed by atoms with Gasteiger partial charge in [0.25, 0.3) is 0 Å². The van der Waals surface area contributed by atoms with Crippen molar-refractivity contribution in [3.05, 3.63) is 38.6 Å². The number of fused-ring (bicyclic) bond motifs is 1. The van der Waals surface area contributed by atoms with E-state index in [-0.39, 0.29) is 0 Å². The number of aromatic nitrogens is 2. The average molecular weight is 310 g/mol. The molecule has 3 aromatic heterocycles. The SMILES string of the molecule is Cc1cc2c(NCCc3ccsc3)nc(Cl)nc2s1. The molecule has 3 heterocycles. The molecule has 3 rings (SSSR count). The number of hydrogen-bond donors (Lipinski definition) is 1. The largest absolute Gasteiger partial charge is 0.369 e. The van der Waals surface area contributed by atoms with Crippen molar-refractivity contribution in [2.24, 2.45) is 0 Å². The van der Waals surface area contributed by atoms with Crippen LogP contribution < -0.4 is 5.32 Å². The molecule has 0 spiro atoms. The van der Waals surface area contributed by atoms with Gasteiger partial charge in [-0.1, -0.05) is 0 Å². The molecule has 0 amide bonds. The summed E-state index contributed by atoms with van der Waals surface area (Å²) in [6.07, 6.45) is 0.982. The Labute approximate surface area is 124 Å². The highest BCUT2D eigenvalue weighted by Gasteiger charge is 2.09. The van der Waals surface area contributed by atoms with Crippen LogP contribution in [0.4, 0.5) is 5.82 Å². The first kappa shape index (κ1) is 12.8. The lowest BCUT2D eigenvalue weighted by Gasteiger charge is -2.06. The van der Waals surface area contributed by atoms with Crippen LogP contribution in [0.15, 0.2) is 22.9 Å². The molecule has 0 radical (unpaired) electrons. The van der Waals surface area contributed by atoms with Gasteiger partial charge in [0.15, 0.2) is 0 Å². The second-order valence-corrected chi connectivity index (χ2v) is 6.58. The van der Waals surface area contributed by atoms with Crippen LogP contribution in [-0.2, 0) is 6.42 Å². The predicted octanol–water partition coefficient (Wildman–Crippen LogP) is 4.37. The Balaban J connectivity index is 1.79. The predicted molar refractivity (Wildman–Crippen MR) is 83.7 cm³/mol. The molecule has 0 fully saturated rings. The highest BCUT2D eigenvalue weighted by Crippen LogP contribution is 2.29. The standard InChI is InChI=1S/C13H12ClN3S2/c1-8-6-10-11(16-13(14)17-12(10)19-8)15-4-2-9-3-5-18-7-9/h3,5-7H,2,4H2,1H3,(H,15,16,17). The van der Waals surface area contributed by atoms with Gasteiger partial charge in [0.05, 0.1) is 5.39 Å². The number of hydrogen-bond acceptors (Lipinski definition) is 5. The van der Waals surface area contributed by atoms with Gasteiger partial charge >= 0.3 is 0 Å². The summed E-state index contributed by atoms with van der Waals surface area (Å²) < 4.78 is 0. The van der Waals surface area contributed by atoms with Crippen LogP contribution in [-0.4, -0.2) is 16.5 Å². The molecule has 0 aromatic carbocycles. The molecule has 0 bridgehead atoms. The zero-order valence-electron chi connectivity index (χ0n) is 10.3. The summed E-state index contributed by atoms with van der Waals surface area (Å²) in [5, 5.41) is 8.97. The molecule has 0 aliphatic rings. The van der Waals surface area contributed by atoms with E-state index < -0.39 is 0 Å². The lowest BCUT2D eigenvalue weighted by atomic mass is 10.2. The molecule has 0 saturated heterocycles. The van der Waals surface area contributed by atoms with Crippen LogP contribution >= 0.6 is 34.3 Å². The van der Waals surface area contributed by atoms with E-state index in [2.05, 4.69) is 45.1 Å². The van der Waals surface area contributed by atoms with Gasteiger partial charge in [-0.15, -0.1) is 11.3 Å². The van der Waals surface area contributed by atoms with Crippen molar-refractivity contribution < 1.29 is 0 Å². The summed E-state index contributed by atoms with van der Waals surface area (Å²) in [6.45, 7) is 2.91. The number of halogens is 1. The second kappa shape index (κ2) is 5.45. The molecule has 0 atom stereocenters. The average Bonchev–Trinajstić information content (AvgIpc) is 2.97. The Kier molecular flexibility index (Phi) is 3.68. The molecule has 6 heteroatoms. The van der Waals surface area contributed by atoms with Gasteiger partial charge in [-0.25, -0.2) is 9.97 Å². The Bertz CT molecular complexity index is 691. The summed E-state index contributed by atoms with van der Waals surface area (Å²) >= 11 is 9.32. The van der Waals surface area contributed by atoms with Crippen molar-refractivity contribution in [3.63, 3.8) is 0 Å². The molecular formula is C13H12ClN3S2. The maximum atomic E-state index is 5.96. The molecule has 1 N–H and O–H groups in total. The van der Waals surface area contributed by atoms with Gasteiger partial charge in [-0.2, -0.15) is 11.3 Å². The molecule has 3 nitrogen and oxygen atoms in total. The quantitative estimate of drug-likeness (QED) is 0.727. The summed E-state index contributed by atoms with van der Waals surface area (Å²) in [4.78, 5) is 10.7. The highest BCUT2D eigenvalue weighted by atomic mass is 35.5. The third-order valence-corrected chi connectivity index (χ3v) is 4.62. The first-order chi connectivity index (χ1) is 9.22. The molecule has 0 unspecified atom stereocenters. The van der Waals surface area contributed by atoms with Crippen LogP contribution in [0.3, 0.4) is 0 Å². The zero-order chi connectivity index (χ0) is 13.2. The zero-order valence-corrected chi connectivity index (χ0v) is 12.7. The van der Waals surface area contributed by atoms with Gasteiger partial charge in [0.2, 0.25) is 5.28 Å². The fraction of sp³-hybridized carbons (Fsp3) is 0.231. The van der Waals surface area contributed by atoms with Gasteiger partial charge in [-0.05, 0) is 53.4 Å². The fourth-order valence-corrected chi connectivity index (χ4v) is 3.71. The van der Waals surface area contributed by atoms with E-state index in [0.29, 0.717) is 5.28 Å². The molecule has 98 valence electrons. The van der Waals surface area contributed by atoms with Gasteiger partial charge < -0.3 is 5.32 Å². The third-order valence-electron chi connectivity index (χ3n) is 2.77. The summed E-state index contributed by atoms with van der Waals surface area (Å²) in [6, 6.07) is 4.24. The van der Waals surface area contributed by atoms with Crippen molar-refractivity contribution in [3.8, 4) is 0 Å². The topological polar surface area (TPSA) is 37.8 Å². The molecule has 19 heavy (non-hydrogen) atoms. The normalized spacial score (nSPS) is 11.1. The minimum absolute atomic E-state index is 0.299. The van der Waals surface area contributed by atoms with Crippen molar-refractivity contribution >= 4 is 50.3 Å². The Morgan fingerprint density at radius 3 is 3.05 bits per heavy atom. The first-order valence-electron chi connectivity index (χ1n) is 5.91. The third kappa shape index (κ3) is 2.88. The van der Waals surface area contributed by atoms with Gasteiger partial charge in [0.1, 0.15) is 10.6 Å². The number of nitrogens with zero attached hydrogens (tertiary/aromatic N) is 2. The van der Waals surface area contributed by atoms with Crippen molar-refractivity contribution in [1.29, 1.82) is 0 Å². The smallest absolute Gasteiger partial charge is 0.225 e. The second-order valence-electron chi connectivity index (χ2n) is 4.23. The minimum Gasteiger partial charge on any atom is -0.369 e. The Hall–Kier alpha value is -1.17. The number of thiophene rings is 2. The highest BCUT2D eigenvalue weighted by molar-refractivity contribution is 7.18. The number of aryl methyl sites for hydroxylation is 1. The summed E-state index contributed by atoms with van der Waals surface area (Å²) in [5.74, 6) is 0.828. The molecule has 0 saturated carbocycles. The lowest BCUT2D eigenvalue weighted by molar-refractivity contribution is 1.01. The van der Waals surface area contributed by atoms with E-state index in [1.165, 1.54) is 10.4 Å². The monoisotopic (exact) mass is 309 g/mol. The van der Waals surface area contributed by atoms with Crippen LogP contribution in [0, 0.1) is 6.92 Å². The van der Waals surface area contributed by atoms with E-state index in [1.54, 1.807) is 22.7 Å². The van der Waals surface area contributed by atoms with Crippen molar-refractivity contribution in [2.45, 2.75) is 13.3 Å². The van der Waals surface area contributed by atoms with E-state index in [0.717, 1.165) is 29.0 Å². The lowest BCUT2D eigenvalue weighted by Crippen LogP contribution is -2.06. The Morgan fingerprint density at radius 1 is 1.37 bits per heavy atom. The van der Waals surface area contributed by atoms with E-state index in [4.69, 9.17) is 11.6 Å². The molecule has 3 aromatic rings. The van der Waals surface area contributed by atoms with E-state index in [9.17, 15) is 0 Å². The molecule has 0 aliphatic carbocycles. The van der Waals surface area contributed by atoms with Gasteiger partial charge in [0, 0.05) is 11.4 Å². The summed E-state index contributed by atoms with van der Waals surface area (Å²) in [5.41, 5.74) is 1.34. The van der Waals surface area contributed by atoms with Crippen LogP contribution in [0.5, 0.6) is 0 Å². The van der Waals surface area contributed by atoms with Crippen molar-refractivity contribution in [2.75, 3.05) is 11.9 Å². The van der Waals surface area contributed by atoms with Crippen LogP contribution in [0.25, 0.3) is 10.2 Å². The first-order valence-corrected chi connectivity index (χ1v) is 8.05. The van der Waals surface area contributed by atoms with Crippen molar-refractivity contribution in [1.82, 2.24) is 9.97 Å². The Morgan fingerprint density at radius 2 is 2.26 bits per heavy atom. The molecule has 0 aliphatic heterocycles. The summed E-state index contributed by atoms with van der Waals surface area (Å²) in [7, 11) is 0. The minimum atomic E-state index is 0.299. The van der Waals surface area contributed by atoms with Crippen LogP contribution in [0.2, 0.25) is 5.28 Å². The number of nitrogens with one attached hydrogen (secondary N) is 1. The van der Waals surface area contributed by atoms with Crippen LogP contribution in [0.1, 0.15) is 10.4 Å². The van der Waals surface area contributed by atoms with E-state index >= 15 is 0 Å². The maximum Gasteiger partial charge on any atom is 0.225 e. The molecular weight excluding hydrogens is 298 g/mol. The van der Waals surface area contributed by atoms with E-state index in [1.807, 2.05) is 0 Å². The number of rotatable bonds is 4. The number of anilines is 1. The van der Waals surface area contributed by atoms with Gasteiger partial charge in [-0.3, -0.25) is 0 Å².